The first-order valence-electron chi connectivity index (χ1n) is 10.6. The maximum absolute atomic E-state index is 13.8. The SMILES string of the molecule is Cc1ccc(-c2csc3nc(SCC(=O)Nc4c(Cl)cc(Cl)cc4Cl)n(-c4ccccc4)c(=O)c23)o1. The fraction of sp³-hybridized carbons (Fsp3) is 0.0800. The Morgan fingerprint density at radius 1 is 1.11 bits per heavy atom. The van der Waals surface area contributed by atoms with Crippen molar-refractivity contribution in [3.63, 3.8) is 0 Å². The van der Waals surface area contributed by atoms with Crippen molar-refractivity contribution >= 4 is 79.7 Å². The van der Waals surface area contributed by atoms with Gasteiger partial charge in [0.05, 0.1) is 32.6 Å². The van der Waals surface area contributed by atoms with E-state index in [9.17, 15) is 9.59 Å². The average molecular weight is 577 g/mol. The quantitative estimate of drug-likeness (QED) is 0.165. The second kappa shape index (κ2) is 10.3. The number of anilines is 1. The molecule has 2 aromatic carbocycles. The maximum Gasteiger partial charge on any atom is 0.268 e. The van der Waals surface area contributed by atoms with Crippen LogP contribution in [0.25, 0.3) is 27.2 Å². The van der Waals surface area contributed by atoms with Gasteiger partial charge < -0.3 is 9.73 Å². The molecule has 0 saturated carbocycles. The Morgan fingerprint density at radius 3 is 2.50 bits per heavy atom. The van der Waals surface area contributed by atoms with Gasteiger partial charge in [0.15, 0.2) is 5.16 Å². The van der Waals surface area contributed by atoms with Gasteiger partial charge in [0, 0.05) is 16.0 Å². The van der Waals surface area contributed by atoms with Gasteiger partial charge in [-0.25, -0.2) is 4.98 Å². The van der Waals surface area contributed by atoms with Crippen molar-refractivity contribution in [3.05, 3.63) is 91.2 Å². The van der Waals surface area contributed by atoms with E-state index in [2.05, 4.69) is 5.32 Å². The molecule has 3 aromatic heterocycles. The Kier molecular flexibility index (Phi) is 7.14. The summed E-state index contributed by atoms with van der Waals surface area (Å²) < 4.78 is 7.28. The number of furan rings is 1. The van der Waals surface area contributed by atoms with Crippen molar-refractivity contribution in [2.45, 2.75) is 12.1 Å². The van der Waals surface area contributed by atoms with Crippen molar-refractivity contribution in [3.8, 4) is 17.0 Å². The van der Waals surface area contributed by atoms with Crippen LogP contribution in [0.1, 0.15) is 5.76 Å². The Bertz CT molecular complexity index is 1640. The summed E-state index contributed by atoms with van der Waals surface area (Å²) >= 11 is 20.8. The van der Waals surface area contributed by atoms with Gasteiger partial charge in [0.2, 0.25) is 5.91 Å². The summed E-state index contributed by atoms with van der Waals surface area (Å²) in [5.74, 6) is 0.960. The molecule has 5 rings (SSSR count). The minimum absolute atomic E-state index is 0.0321. The maximum atomic E-state index is 13.8. The Labute approximate surface area is 228 Å². The topological polar surface area (TPSA) is 77.1 Å². The molecule has 0 fully saturated rings. The summed E-state index contributed by atoms with van der Waals surface area (Å²) in [6, 6.07) is 15.8. The van der Waals surface area contributed by atoms with E-state index in [-0.39, 0.29) is 33.0 Å². The third-order valence-corrected chi connectivity index (χ3v) is 7.83. The predicted octanol–water partition coefficient (Wildman–Crippen LogP) is 7.71. The summed E-state index contributed by atoms with van der Waals surface area (Å²) in [6.45, 7) is 1.85. The number of fused-ring (bicyclic) bond motifs is 1. The van der Waals surface area contributed by atoms with Gasteiger partial charge in [-0.05, 0) is 43.3 Å². The molecule has 0 aliphatic carbocycles. The van der Waals surface area contributed by atoms with Crippen LogP contribution in [-0.2, 0) is 4.79 Å². The van der Waals surface area contributed by atoms with Crippen LogP contribution in [0.4, 0.5) is 5.69 Å². The van der Waals surface area contributed by atoms with E-state index in [0.717, 1.165) is 17.5 Å². The van der Waals surface area contributed by atoms with Gasteiger partial charge in [-0.3, -0.25) is 14.2 Å². The van der Waals surface area contributed by atoms with Crippen molar-refractivity contribution in [2.75, 3.05) is 11.1 Å². The molecule has 0 aliphatic rings. The van der Waals surface area contributed by atoms with E-state index in [4.69, 9.17) is 44.2 Å². The average Bonchev–Trinajstić information content (AvgIpc) is 3.47. The van der Waals surface area contributed by atoms with Crippen LogP contribution in [0.2, 0.25) is 15.1 Å². The van der Waals surface area contributed by atoms with Crippen LogP contribution in [0.3, 0.4) is 0 Å². The number of hydrogen-bond donors (Lipinski definition) is 1. The molecule has 0 unspecified atom stereocenters. The fourth-order valence-electron chi connectivity index (χ4n) is 3.60. The number of carbonyl (C=O) groups excluding carboxylic acids is 1. The first-order valence-corrected chi connectivity index (χ1v) is 13.6. The molecule has 0 spiro atoms. The lowest BCUT2D eigenvalue weighted by Gasteiger charge is -2.13. The summed E-state index contributed by atoms with van der Waals surface area (Å²) in [5.41, 5.74) is 1.35. The van der Waals surface area contributed by atoms with Gasteiger partial charge >= 0.3 is 0 Å². The molecule has 1 amide bonds. The van der Waals surface area contributed by atoms with E-state index >= 15 is 0 Å². The molecule has 1 N–H and O–H groups in total. The second-order valence-corrected chi connectivity index (χ2v) is 10.7. The molecule has 36 heavy (non-hydrogen) atoms. The lowest BCUT2D eigenvalue weighted by molar-refractivity contribution is -0.113. The summed E-state index contributed by atoms with van der Waals surface area (Å²) in [7, 11) is 0. The lowest BCUT2D eigenvalue weighted by Crippen LogP contribution is -2.22. The molecule has 0 atom stereocenters. The number of thioether (sulfide) groups is 1. The van der Waals surface area contributed by atoms with Crippen molar-refractivity contribution < 1.29 is 9.21 Å². The number of nitrogens with zero attached hydrogens (tertiary/aromatic N) is 2. The van der Waals surface area contributed by atoms with E-state index in [0.29, 0.717) is 37.4 Å². The van der Waals surface area contributed by atoms with Crippen LogP contribution >= 0.6 is 57.9 Å². The van der Waals surface area contributed by atoms with Crippen LogP contribution < -0.4 is 10.9 Å². The highest BCUT2D eigenvalue weighted by Crippen LogP contribution is 2.35. The number of nitrogens with one attached hydrogen (secondary N) is 1. The van der Waals surface area contributed by atoms with Crippen LogP contribution in [0, 0.1) is 6.92 Å². The zero-order chi connectivity index (χ0) is 25.4. The fourth-order valence-corrected chi connectivity index (χ4v) is 6.29. The predicted molar refractivity (Wildman–Crippen MR) is 148 cm³/mol. The number of carbonyl (C=O) groups is 1. The van der Waals surface area contributed by atoms with E-state index in [1.807, 2.05) is 54.8 Å². The zero-order valence-corrected chi connectivity index (χ0v) is 22.5. The molecule has 0 saturated heterocycles. The highest BCUT2D eigenvalue weighted by atomic mass is 35.5. The van der Waals surface area contributed by atoms with Crippen LogP contribution in [0.15, 0.2) is 74.3 Å². The Balaban J connectivity index is 1.52. The monoisotopic (exact) mass is 575 g/mol. The summed E-state index contributed by atoms with van der Waals surface area (Å²) in [6.07, 6.45) is 0. The molecule has 182 valence electrons. The molecule has 0 radical (unpaired) electrons. The minimum atomic E-state index is -0.363. The second-order valence-electron chi connectivity index (χ2n) is 7.69. The number of hydrogen-bond acceptors (Lipinski definition) is 6. The number of benzene rings is 2. The Hall–Kier alpha value is -2.75. The zero-order valence-electron chi connectivity index (χ0n) is 18.6. The number of rotatable bonds is 6. The number of aromatic nitrogens is 2. The smallest absolute Gasteiger partial charge is 0.268 e. The Morgan fingerprint density at radius 2 is 1.83 bits per heavy atom. The standard InChI is InChI=1S/C25H16Cl3N3O3S2/c1-13-7-8-19(34-13)16-11-35-23-21(16)24(33)31(15-5-3-2-4-6-15)25(30-23)36-12-20(32)29-22-17(27)9-14(26)10-18(22)28/h2-11H,12H2,1H3,(H,29,32). The minimum Gasteiger partial charge on any atom is -0.461 e. The molecular weight excluding hydrogens is 561 g/mol. The van der Waals surface area contributed by atoms with Crippen LogP contribution in [-0.4, -0.2) is 21.2 Å². The largest absolute Gasteiger partial charge is 0.461 e. The summed E-state index contributed by atoms with van der Waals surface area (Å²) in [5, 5.41) is 6.23. The van der Waals surface area contributed by atoms with Crippen molar-refractivity contribution in [1.82, 2.24) is 9.55 Å². The van der Waals surface area contributed by atoms with E-state index in [1.54, 1.807) is 0 Å². The molecule has 0 bridgehead atoms. The highest BCUT2D eigenvalue weighted by Gasteiger charge is 2.21. The molecule has 0 aliphatic heterocycles. The van der Waals surface area contributed by atoms with Gasteiger partial charge in [0.25, 0.3) is 5.56 Å². The van der Waals surface area contributed by atoms with E-state index < -0.39 is 0 Å². The normalized spacial score (nSPS) is 11.2. The number of amides is 1. The number of halogens is 3. The van der Waals surface area contributed by atoms with Crippen LogP contribution in [0.5, 0.6) is 0 Å². The lowest BCUT2D eigenvalue weighted by atomic mass is 10.2. The molecule has 3 heterocycles. The number of thiophene rings is 1. The first kappa shape index (κ1) is 24.9. The van der Waals surface area contributed by atoms with Gasteiger partial charge in [-0.2, -0.15) is 0 Å². The molecular formula is C25H16Cl3N3O3S2. The first-order chi connectivity index (χ1) is 17.3. The van der Waals surface area contributed by atoms with Gasteiger partial charge in [-0.15, -0.1) is 11.3 Å². The highest BCUT2D eigenvalue weighted by molar-refractivity contribution is 7.99. The summed E-state index contributed by atoms with van der Waals surface area (Å²) in [4.78, 5) is 31.9. The number of para-hydroxylation sites is 1. The van der Waals surface area contributed by atoms with Gasteiger partial charge in [0.1, 0.15) is 16.4 Å². The van der Waals surface area contributed by atoms with Gasteiger partial charge in [-0.1, -0.05) is 64.8 Å². The van der Waals surface area contributed by atoms with Crippen molar-refractivity contribution in [2.24, 2.45) is 0 Å². The van der Waals surface area contributed by atoms with E-state index in [1.165, 1.54) is 28.0 Å². The molecule has 5 aromatic rings. The molecule has 11 heteroatoms. The number of aryl methyl sites for hydroxylation is 1. The van der Waals surface area contributed by atoms with Crippen molar-refractivity contribution in [1.29, 1.82) is 0 Å². The third kappa shape index (κ3) is 4.92. The third-order valence-electron chi connectivity index (χ3n) is 5.20. The molecule has 6 nitrogen and oxygen atoms in total.